The Hall–Kier alpha value is -2.28. The average molecular weight is 312 g/mol. The van der Waals surface area contributed by atoms with Gasteiger partial charge in [0, 0.05) is 31.4 Å². The van der Waals surface area contributed by atoms with Gasteiger partial charge in [-0.05, 0) is 17.7 Å². The molecule has 2 aromatic heterocycles. The lowest BCUT2D eigenvalue weighted by atomic mass is 10.1. The summed E-state index contributed by atoms with van der Waals surface area (Å²) in [6.07, 6.45) is 3.59. The molecule has 3 rings (SSSR count). The molecule has 0 aliphatic heterocycles. The fourth-order valence-corrected chi connectivity index (χ4v) is 2.61. The first-order valence-electron chi connectivity index (χ1n) is 7.63. The topological polar surface area (TPSA) is 85.3 Å². The van der Waals surface area contributed by atoms with E-state index in [9.17, 15) is 0 Å². The maximum Gasteiger partial charge on any atom is 0.156 e. The highest BCUT2D eigenvalue weighted by molar-refractivity contribution is 5.74. The molecule has 0 saturated heterocycles. The Morgan fingerprint density at radius 1 is 1.09 bits per heavy atom. The monoisotopic (exact) mass is 312 g/mol. The number of aliphatic hydroxyl groups excluding tert-OH is 2. The van der Waals surface area contributed by atoms with E-state index in [2.05, 4.69) is 21.0 Å². The van der Waals surface area contributed by atoms with Crippen molar-refractivity contribution in [3.63, 3.8) is 0 Å². The highest BCUT2D eigenvalue weighted by Gasteiger charge is 2.08. The van der Waals surface area contributed by atoms with Crippen molar-refractivity contribution in [1.82, 2.24) is 19.9 Å². The van der Waals surface area contributed by atoms with Gasteiger partial charge < -0.3 is 15.2 Å². The van der Waals surface area contributed by atoms with Gasteiger partial charge in [-0.15, -0.1) is 0 Å². The van der Waals surface area contributed by atoms with Crippen LogP contribution in [0.4, 0.5) is 0 Å². The Kier molecular flexibility index (Phi) is 4.97. The summed E-state index contributed by atoms with van der Waals surface area (Å²) in [4.78, 5) is 14.0. The molecule has 2 heterocycles. The SMILES string of the molecule is OCCN(CCO)Cc1cccc(-c2cnc3[nH]ccc3n2)c1. The van der Waals surface area contributed by atoms with E-state index in [0.29, 0.717) is 19.6 Å². The predicted octanol–water partition coefficient (Wildman–Crippen LogP) is 1.41. The van der Waals surface area contributed by atoms with Crippen molar-refractivity contribution in [2.45, 2.75) is 6.54 Å². The smallest absolute Gasteiger partial charge is 0.156 e. The van der Waals surface area contributed by atoms with Gasteiger partial charge in [-0.3, -0.25) is 4.90 Å². The van der Waals surface area contributed by atoms with Gasteiger partial charge in [-0.2, -0.15) is 0 Å². The zero-order valence-electron chi connectivity index (χ0n) is 12.8. The minimum Gasteiger partial charge on any atom is -0.395 e. The molecule has 0 saturated carbocycles. The summed E-state index contributed by atoms with van der Waals surface area (Å²) < 4.78 is 0. The second-order valence-corrected chi connectivity index (χ2v) is 5.39. The van der Waals surface area contributed by atoms with Crippen molar-refractivity contribution in [1.29, 1.82) is 0 Å². The summed E-state index contributed by atoms with van der Waals surface area (Å²) in [5, 5.41) is 18.2. The van der Waals surface area contributed by atoms with E-state index >= 15 is 0 Å². The number of benzene rings is 1. The third kappa shape index (κ3) is 3.73. The molecule has 120 valence electrons. The maximum atomic E-state index is 9.11. The Bertz CT molecular complexity index is 766. The van der Waals surface area contributed by atoms with Gasteiger partial charge in [0.2, 0.25) is 0 Å². The van der Waals surface area contributed by atoms with Crippen LogP contribution in [0.1, 0.15) is 5.56 Å². The van der Waals surface area contributed by atoms with E-state index in [4.69, 9.17) is 10.2 Å². The van der Waals surface area contributed by atoms with E-state index in [1.807, 2.05) is 35.4 Å². The van der Waals surface area contributed by atoms with Crippen LogP contribution in [0.25, 0.3) is 22.4 Å². The van der Waals surface area contributed by atoms with Crippen LogP contribution >= 0.6 is 0 Å². The summed E-state index contributed by atoms with van der Waals surface area (Å²) in [6, 6.07) is 10.0. The molecule has 3 N–H and O–H groups in total. The van der Waals surface area contributed by atoms with Crippen molar-refractivity contribution in [3.8, 4) is 11.3 Å². The molecule has 6 heteroatoms. The molecule has 23 heavy (non-hydrogen) atoms. The lowest BCUT2D eigenvalue weighted by Gasteiger charge is -2.20. The molecule has 0 bridgehead atoms. The molecular weight excluding hydrogens is 292 g/mol. The molecular formula is C17H20N4O2. The molecule has 3 aromatic rings. The van der Waals surface area contributed by atoms with E-state index in [0.717, 1.165) is 28.0 Å². The van der Waals surface area contributed by atoms with Crippen LogP contribution in [0.15, 0.2) is 42.7 Å². The van der Waals surface area contributed by atoms with Crippen molar-refractivity contribution in [3.05, 3.63) is 48.3 Å². The highest BCUT2D eigenvalue weighted by Crippen LogP contribution is 2.20. The quantitative estimate of drug-likeness (QED) is 0.614. The largest absolute Gasteiger partial charge is 0.395 e. The molecule has 0 aliphatic rings. The first-order chi connectivity index (χ1) is 11.3. The third-order valence-corrected chi connectivity index (χ3v) is 3.72. The number of aromatic amines is 1. The van der Waals surface area contributed by atoms with Crippen molar-refractivity contribution < 1.29 is 10.2 Å². The van der Waals surface area contributed by atoms with E-state index in [1.54, 1.807) is 6.20 Å². The van der Waals surface area contributed by atoms with Crippen molar-refractivity contribution in [2.75, 3.05) is 26.3 Å². The van der Waals surface area contributed by atoms with Gasteiger partial charge in [-0.25, -0.2) is 9.97 Å². The van der Waals surface area contributed by atoms with Crippen LogP contribution < -0.4 is 0 Å². The molecule has 0 unspecified atom stereocenters. The summed E-state index contributed by atoms with van der Waals surface area (Å²) in [7, 11) is 0. The molecule has 0 amide bonds. The molecule has 6 nitrogen and oxygen atoms in total. The lowest BCUT2D eigenvalue weighted by Crippen LogP contribution is -2.29. The van der Waals surface area contributed by atoms with Gasteiger partial charge in [-0.1, -0.05) is 18.2 Å². The number of H-pyrrole nitrogens is 1. The van der Waals surface area contributed by atoms with Crippen molar-refractivity contribution >= 4 is 11.2 Å². The van der Waals surface area contributed by atoms with Crippen LogP contribution in [0.5, 0.6) is 0 Å². The summed E-state index contributed by atoms with van der Waals surface area (Å²) in [5.74, 6) is 0. The Morgan fingerprint density at radius 2 is 1.91 bits per heavy atom. The molecule has 0 atom stereocenters. The number of nitrogens with zero attached hydrogens (tertiary/aromatic N) is 3. The Labute approximate surface area is 134 Å². The first-order valence-corrected chi connectivity index (χ1v) is 7.63. The number of hydrogen-bond donors (Lipinski definition) is 3. The fraction of sp³-hybridized carbons (Fsp3) is 0.294. The molecule has 0 radical (unpaired) electrons. The van der Waals surface area contributed by atoms with Gasteiger partial charge >= 0.3 is 0 Å². The minimum absolute atomic E-state index is 0.0787. The van der Waals surface area contributed by atoms with Crippen LogP contribution in [-0.2, 0) is 6.54 Å². The molecule has 0 fully saturated rings. The standard InChI is InChI=1S/C17H20N4O2/c22-8-6-21(7-9-23)12-13-2-1-3-14(10-13)16-11-19-17-15(20-16)4-5-18-17/h1-5,10-11,22-23H,6-9,12H2,(H,18,19). The summed E-state index contributed by atoms with van der Waals surface area (Å²) >= 11 is 0. The number of rotatable bonds is 7. The number of fused-ring (bicyclic) bond motifs is 1. The highest BCUT2D eigenvalue weighted by atomic mass is 16.3. The van der Waals surface area contributed by atoms with Crippen LogP contribution in [0, 0.1) is 0 Å². The van der Waals surface area contributed by atoms with E-state index < -0.39 is 0 Å². The Balaban J connectivity index is 1.83. The number of nitrogens with one attached hydrogen (secondary N) is 1. The Morgan fingerprint density at radius 3 is 2.70 bits per heavy atom. The van der Waals surface area contributed by atoms with Gasteiger partial charge in [0.15, 0.2) is 5.65 Å². The number of aliphatic hydroxyl groups is 2. The second kappa shape index (κ2) is 7.32. The lowest BCUT2D eigenvalue weighted by molar-refractivity contribution is 0.156. The molecule has 0 spiro atoms. The van der Waals surface area contributed by atoms with Crippen molar-refractivity contribution in [2.24, 2.45) is 0 Å². The van der Waals surface area contributed by atoms with Crippen LogP contribution in [0.2, 0.25) is 0 Å². The predicted molar refractivity (Wildman–Crippen MR) is 88.8 cm³/mol. The normalized spacial score (nSPS) is 11.4. The fourth-order valence-electron chi connectivity index (χ4n) is 2.61. The average Bonchev–Trinajstić information content (AvgIpc) is 3.03. The summed E-state index contributed by atoms with van der Waals surface area (Å²) in [6.45, 7) is 1.92. The molecule has 0 aliphatic carbocycles. The van der Waals surface area contributed by atoms with Gasteiger partial charge in [0.1, 0.15) is 5.52 Å². The van der Waals surface area contributed by atoms with E-state index in [-0.39, 0.29) is 13.2 Å². The summed E-state index contributed by atoms with van der Waals surface area (Å²) in [5.41, 5.74) is 4.57. The zero-order valence-corrected chi connectivity index (χ0v) is 12.8. The maximum absolute atomic E-state index is 9.11. The van der Waals surface area contributed by atoms with E-state index in [1.165, 1.54) is 0 Å². The first kappa shape index (κ1) is 15.6. The van der Waals surface area contributed by atoms with Gasteiger partial charge in [0.05, 0.1) is 25.1 Å². The zero-order chi connectivity index (χ0) is 16.1. The number of aromatic nitrogens is 3. The molecule has 1 aromatic carbocycles. The number of hydrogen-bond acceptors (Lipinski definition) is 5. The van der Waals surface area contributed by atoms with Crippen LogP contribution in [0.3, 0.4) is 0 Å². The van der Waals surface area contributed by atoms with Crippen LogP contribution in [-0.4, -0.2) is 56.4 Å². The third-order valence-electron chi connectivity index (χ3n) is 3.72. The second-order valence-electron chi connectivity index (χ2n) is 5.39. The minimum atomic E-state index is 0.0787. The van der Waals surface area contributed by atoms with Gasteiger partial charge in [0.25, 0.3) is 0 Å².